The van der Waals surface area contributed by atoms with Crippen molar-refractivity contribution in [3.8, 4) is 0 Å². The molecule has 3 unspecified atom stereocenters. The van der Waals surface area contributed by atoms with E-state index in [0.29, 0.717) is 19.3 Å². The Kier molecular flexibility index (Phi) is 4.60. The summed E-state index contributed by atoms with van der Waals surface area (Å²) in [7, 11) is 0. The lowest BCUT2D eigenvalue weighted by Crippen LogP contribution is -2.49. The summed E-state index contributed by atoms with van der Waals surface area (Å²) in [5.74, 6) is -0.339. The van der Waals surface area contributed by atoms with Crippen LogP contribution in [0.3, 0.4) is 0 Å². The number of nitrogens with one attached hydrogen (secondary N) is 1. The van der Waals surface area contributed by atoms with Crippen molar-refractivity contribution in [1.82, 2.24) is 15.1 Å². The highest BCUT2D eigenvalue weighted by atomic mass is 16.6. The fourth-order valence-corrected chi connectivity index (χ4v) is 2.62. The Morgan fingerprint density at radius 1 is 1.45 bits per heavy atom. The molecule has 2 N–H and O–H groups in total. The van der Waals surface area contributed by atoms with Crippen LogP contribution in [-0.2, 0) is 4.74 Å². The first kappa shape index (κ1) is 16.5. The fraction of sp³-hybridized carbons (Fsp3) is 0.786. The van der Waals surface area contributed by atoms with E-state index in [1.165, 1.54) is 4.68 Å². The molecule has 8 nitrogen and oxygen atoms in total. The minimum atomic E-state index is -0.602. The Balaban J connectivity index is 2.15. The van der Waals surface area contributed by atoms with Crippen molar-refractivity contribution in [2.24, 2.45) is 0 Å². The molecule has 124 valence electrons. The maximum Gasteiger partial charge on any atom is 0.437 e. The molecule has 0 aromatic carbocycles. The van der Waals surface area contributed by atoms with Crippen LogP contribution >= 0.6 is 0 Å². The van der Waals surface area contributed by atoms with Crippen LogP contribution in [0.15, 0.2) is 9.21 Å². The van der Waals surface area contributed by atoms with E-state index >= 15 is 0 Å². The Labute approximate surface area is 128 Å². The lowest BCUT2D eigenvalue weighted by Gasteiger charge is -2.34. The van der Waals surface area contributed by atoms with Crippen molar-refractivity contribution in [3.63, 3.8) is 0 Å². The second-order valence-electron chi connectivity index (χ2n) is 6.62. The van der Waals surface area contributed by atoms with Crippen LogP contribution in [0.25, 0.3) is 0 Å². The van der Waals surface area contributed by atoms with Gasteiger partial charge in [0.25, 0.3) is 0 Å². The zero-order valence-corrected chi connectivity index (χ0v) is 13.3. The van der Waals surface area contributed by atoms with Gasteiger partial charge in [0.15, 0.2) is 0 Å². The van der Waals surface area contributed by atoms with Crippen molar-refractivity contribution >= 4 is 6.09 Å². The zero-order valence-electron chi connectivity index (χ0n) is 13.3. The van der Waals surface area contributed by atoms with Gasteiger partial charge in [-0.3, -0.25) is 0 Å². The number of carbonyl (C=O) groups excluding carboxylic acids is 1. The van der Waals surface area contributed by atoms with Gasteiger partial charge in [0.2, 0.25) is 5.89 Å². The number of ether oxygens (including phenoxy) is 1. The molecule has 1 amide bonds. The van der Waals surface area contributed by atoms with E-state index in [-0.39, 0.29) is 11.9 Å². The molecule has 1 heterocycles. The number of nitrogens with zero attached hydrogens (tertiary/aromatic N) is 2. The lowest BCUT2D eigenvalue weighted by molar-refractivity contribution is 0.0380. The summed E-state index contributed by atoms with van der Waals surface area (Å²) in [5, 5.41) is 16.7. The highest BCUT2D eigenvalue weighted by Gasteiger charge is 2.35. The highest BCUT2D eigenvalue weighted by molar-refractivity contribution is 5.68. The van der Waals surface area contributed by atoms with Crippen LogP contribution in [0.5, 0.6) is 0 Å². The van der Waals surface area contributed by atoms with Crippen LogP contribution in [0.4, 0.5) is 4.79 Å². The standard InChI is InChI=1S/C14H23N3O5/c1-8-16-17(13(20)21-8)11-7-9(18)5-6-10(11)15-12(19)22-14(2,3)4/h9-11,18H,5-7H2,1-4H3,(H,15,19). The molecule has 1 aromatic heterocycles. The number of aliphatic hydroxyl groups excluding tert-OH is 1. The first-order valence-electron chi connectivity index (χ1n) is 7.39. The van der Waals surface area contributed by atoms with Crippen LogP contribution in [0, 0.1) is 6.92 Å². The van der Waals surface area contributed by atoms with Gasteiger partial charge in [0, 0.05) is 6.92 Å². The maximum atomic E-state index is 11.9. The van der Waals surface area contributed by atoms with Crippen molar-refractivity contribution < 1.29 is 19.1 Å². The average molecular weight is 313 g/mol. The summed E-state index contributed by atoms with van der Waals surface area (Å²) in [6, 6.07) is -0.804. The number of carbonyl (C=O) groups is 1. The Morgan fingerprint density at radius 3 is 2.68 bits per heavy atom. The topological polar surface area (TPSA) is 107 Å². The van der Waals surface area contributed by atoms with E-state index in [2.05, 4.69) is 10.4 Å². The highest BCUT2D eigenvalue weighted by Crippen LogP contribution is 2.28. The summed E-state index contributed by atoms with van der Waals surface area (Å²) in [6.45, 7) is 6.91. The SMILES string of the molecule is Cc1nn(C2CC(O)CCC2NC(=O)OC(C)(C)C)c(=O)o1. The normalized spacial score (nSPS) is 25.8. The third-order valence-corrected chi connectivity index (χ3v) is 3.48. The third kappa shape index (κ3) is 4.09. The van der Waals surface area contributed by atoms with E-state index < -0.39 is 29.6 Å². The Bertz CT molecular complexity index is 586. The van der Waals surface area contributed by atoms with E-state index in [1.807, 2.05) is 0 Å². The molecule has 2 rings (SSSR count). The largest absolute Gasteiger partial charge is 0.444 e. The average Bonchev–Trinajstić information content (AvgIpc) is 2.68. The molecule has 22 heavy (non-hydrogen) atoms. The molecule has 1 aliphatic carbocycles. The summed E-state index contributed by atoms with van der Waals surface area (Å²) in [5.41, 5.74) is -0.602. The van der Waals surface area contributed by atoms with E-state index in [4.69, 9.17) is 9.15 Å². The summed E-state index contributed by atoms with van der Waals surface area (Å²) >= 11 is 0. The zero-order chi connectivity index (χ0) is 16.5. The van der Waals surface area contributed by atoms with E-state index in [1.54, 1.807) is 27.7 Å². The van der Waals surface area contributed by atoms with Crippen LogP contribution < -0.4 is 11.1 Å². The number of amides is 1. The van der Waals surface area contributed by atoms with Gasteiger partial charge in [-0.2, -0.15) is 4.68 Å². The fourth-order valence-electron chi connectivity index (χ4n) is 2.62. The molecule has 1 aromatic rings. The maximum absolute atomic E-state index is 11.9. The Morgan fingerprint density at radius 2 is 2.14 bits per heavy atom. The summed E-state index contributed by atoms with van der Waals surface area (Å²) in [4.78, 5) is 23.8. The van der Waals surface area contributed by atoms with E-state index in [0.717, 1.165) is 0 Å². The molecule has 0 spiro atoms. The van der Waals surface area contributed by atoms with E-state index in [9.17, 15) is 14.7 Å². The van der Waals surface area contributed by atoms with Gasteiger partial charge in [-0.05, 0) is 40.0 Å². The Hall–Kier alpha value is -1.83. The minimum Gasteiger partial charge on any atom is -0.444 e. The molecule has 1 fully saturated rings. The van der Waals surface area contributed by atoms with Gasteiger partial charge >= 0.3 is 11.8 Å². The molecule has 1 aliphatic rings. The molecule has 0 radical (unpaired) electrons. The predicted octanol–water partition coefficient (Wildman–Crippen LogP) is 1.12. The number of aryl methyl sites for hydroxylation is 1. The van der Waals surface area contributed by atoms with Crippen LogP contribution in [0.2, 0.25) is 0 Å². The molecule has 8 heteroatoms. The number of hydrogen-bond donors (Lipinski definition) is 2. The van der Waals surface area contributed by atoms with Gasteiger partial charge in [-0.1, -0.05) is 0 Å². The molecule has 0 bridgehead atoms. The molecule has 1 saturated carbocycles. The quantitative estimate of drug-likeness (QED) is 0.847. The van der Waals surface area contributed by atoms with Crippen molar-refractivity contribution in [1.29, 1.82) is 0 Å². The molecular formula is C14H23N3O5. The van der Waals surface area contributed by atoms with Crippen molar-refractivity contribution in [3.05, 3.63) is 16.4 Å². The molecule has 3 atom stereocenters. The summed E-state index contributed by atoms with van der Waals surface area (Å²) in [6.07, 6.45) is 0.316. The second-order valence-corrected chi connectivity index (χ2v) is 6.62. The van der Waals surface area contributed by atoms with Gasteiger partial charge in [0.05, 0.1) is 18.2 Å². The van der Waals surface area contributed by atoms with Crippen molar-refractivity contribution in [2.75, 3.05) is 0 Å². The van der Waals surface area contributed by atoms with Crippen LogP contribution in [-0.4, -0.2) is 38.7 Å². The van der Waals surface area contributed by atoms with Crippen LogP contribution in [0.1, 0.15) is 52.0 Å². The summed E-state index contributed by atoms with van der Waals surface area (Å²) < 4.78 is 11.3. The van der Waals surface area contributed by atoms with Gasteiger partial charge < -0.3 is 19.6 Å². The molecule has 0 saturated heterocycles. The minimum absolute atomic E-state index is 0.251. The number of aliphatic hydroxyl groups is 1. The third-order valence-electron chi connectivity index (χ3n) is 3.48. The number of aromatic nitrogens is 2. The molecular weight excluding hydrogens is 290 g/mol. The van der Waals surface area contributed by atoms with Gasteiger partial charge in [-0.25, -0.2) is 9.59 Å². The predicted molar refractivity (Wildman–Crippen MR) is 77.6 cm³/mol. The first-order valence-corrected chi connectivity index (χ1v) is 7.39. The van der Waals surface area contributed by atoms with Crippen molar-refractivity contribution in [2.45, 2.75) is 70.7 Å². The molecule has 0 aliphatic heterocycles. The lowest BCUT2D eigenvalue weighted by atomic mass is 9.88. The van der Waals surface area contributed by atoms with Gasteiger partial charge in [0.1, 0.15) is 5.60 Å². The first-order chi connectivity index (χ1) is 10.2. The number of rotatable bonds is 2. The second kappa shape index (κ2) is 6.12. The number of hydrogen-bond acceptors (Lipinski definition) is 6. The van der Waals surface area contributed by atoms with Gasteiger partial charge in [-0.15, -0.1) is 5.10 Å². The smallest absolute Gasteiger partial charge is 0.437 e. The number of alkyl carbamates (subject to hydrolysis) is 1. The monoisotopic (exact) mass is 313 g/mol.